The van der Waals surface area contributed by atoms with Crippen LogP contribution in [0.25, 0.3) is 0 Å². The number of amides is 2. The Balaban J connectivity index is 2.03. The summed E-state index contributed by atoms with van der Waals surface area (Å²) >= 11 is 12.2. The summed E-state index contributed by atoms with van der Waals surface area (Å²) in [4.78, 5) is 26.6. The second kappa shape index (κ2) is 11.0. The standard InChI is InChI=1S/C23H26Cl2N2O4/c1-2-3-19(12-26-20(29)13-28)27-21(30)14-31-23(16-6-10-18(25)11-7-16)22(27)15-4-8-17(24)9-5-15/h4-11,19,22-23,28H,2-3,12-14H2,1H3,(H,26,29)/t19-,22+,23+/m0/s1. The fourth-order valence-corrected chi connectivity index (χ4v) is 4.20. The molecule has 3 atom stereocenters. The molecule has 6 nitrogen and oxygen atoms in total. The predicted molar refractivity (Wildman–Crippen MR) is 120 cm³/mol. The van der Waals surface area contributed by atoms with E-state index in [1.807, 2.05) is 36.1 Å². The van der Waals surface area contributed by atoms with Crippen LogP contribution in [-0.4, -0.2) is 47.6 Å². The van der Waals surface area contributed by atoms with Crippen molar-refractivity contribution < 1.29 is 19.4 Å². The van der Waals surface area contributed by atoms with E-state index in [-0.39, 0.29) is 25.1 Å². The summed E-state index contributed by atoms with van der Waals surface area (Å²) in [6, 6.07) is 14.1. The van der Waals surface area contributed by atoms with Crippen molar-refractivity contribution in [2.45, 2.75) is 38.0 Å². The summed E-state index contributed by atoms with van der Waals surface area (Å²) in [7, 11) is 0. The predicted octanol–water partition coefficient (Wildman–Crippen LogP) is 3.91. The van der Waals surface area contributed by atoms with E-state index >= 15 is 0 Å². The highest BCUT2D eigenvalue weighted by Gasteiger charge is 2.41. The van der Waals surface area contributed by atoms with Gasteiger partial charge in [0.25, 0.3) is 0 Å². The second-order valence-corrected chi connectivity index (χ2v) is 8.36. The number of nitrogens with one attached hydrogen (secondary N) is 1. The molecule has 3 rings (SSSR count). The van der Waals surface area contributed by atoms with Crippen molar-refractivity contribution in [1.29, 1.82) is 0 Å². The average molecular weight is 465 g/mol. The number of hydrogen-bond acceptors (Lipinski definition) is 4. The molecule has 2 aromatic carbocycles. The van der Waals surface area contributed by atoms with E-state index < -0.39 is 24.7 Å². The first kappa shape index (κ1) is 23.5. The average Bonchev–Trinajstić information content (AvgIpc) is 2.77. The van der Waals surface area contributed by atoms with Crippen LogP contribution in [0.3, 0.4) is 0 Å². The Hall–Kier alpha value is -2.12. The van der Waals surface area contributed by atoms with Gasteiger partial charge in [0, 0.05) is 22.6 Å². The van der Waals surface area contributed by atoms with Gasteiger partial charge in [0.15, 0.2) is 0 Å². The van der Waals surface area contributed by atoms with Gasteiger partial charge in [0.1, 0.15) is 19.3 Å². The number of rotatable bonds is 8. The third-order valence-corrected chi connectivity index (χ3v) is 5.87. The minimum atomic E-state index is -0.593. The zero-order valence-electron chi connectivity index (χ0n) is 17.3. The normalized spacial score (nSPS) is 19.9. The molecule has 31 heavy (non-hydrogen) atoms. The molecule has 2 N–H and O–H groups in total. The van der Waals surface area contributed by atoms with Gasteiger partial charge < -0.3 is 20.1 Å². The van der Waals surface area contributed by atoms with Crippen molar-refractivity contribution in [2.75, 3.05) is 19.8 Å². The van der Waals surface area contributed by atoms with Gasteiger partial charge in [-0.15, -0.1) is 0 Å². The van der Waals surface area contributed by atoms with Crippen LogP contribution < -0.4 is 5.32 Å². The maximum atomic E-state index is 13.1. The van der Waals surface area contributed by atoms with Crippen LogP contribution in [0, 0.1) is 0 Å². The molecular formula is C23H26Cl2N2O4. The Bertz CT molecular complexity index is 889. The van der Waals surface area contributed by atoms with E-state index in [2.05, 4.69) is 5.32 Å². The molecule has 0 spiro atoms. The maximum Gasteiger partial charge on any atom is 0.249 e. The first-order chi connectivity index (χ1) is 14.9. The van der Waals surface area contributed by atoms with Crippen molar-refractivity contribution in [3.8, 4) is 0 Å². The molecule has 0 bridgehead atoms. The zero-order chi connectivity index (χ0) is 22.4. The number of carbonyl (C=O) groups excluding carboxylic acids is 2. The Morgan fingerprint density at radius 1 is 1.13 bits per heavy atom. The molecule has 0 saturated carbocycles. The molecule has 166 valence electrons. The monoisotopic (exact) mass is 464 g/mol. The summed E-state index contributed by atoms with van der Waals surface area (Å²) in [6.45, 7) is 1.62. The molecule has 0 aliphatic carbocycles. The molecule has 1 heterocycles. The minimum Gasteiger partial charge on any atom is -0.387 e. The molecule has 0 aromatic heterocycles. The SMILES string of the molecule is CCC[C@@H](CNC(=O)CO)N1C(=O)CO[C@H](c2ccc(Cl)cc2)[C@H]1c1ccc(Cl)cc1. The fraction of sp³-hybridized carbons (Fsp3) is 0.391. The molecule has 8 heteroatoms. The van der Waals surface area contributed by atoms with Crippen molar-refractivity contribution in [3.63, 3.8) is 0 Å². The van der Waals surface area contributed by atoms with Gasteiger partial charge in [0.05, 0.1) is 6.04 Å². The number of morpholine rings is 1. The van der Waals surface area contributed by atoms with E-state index in [1.54, 1.807) is 24.3 Å². The molecule has 1 saturated heterocycles. The summed E-state index contributed by atoms with van der Waals surface area (Å²) < 4.78 is 6.02. The van der Waals surface area contributed by atoms with Gasteiger partial charge in [-0.2, -0.15) is 0 Å². The van der Waals surface area contributed by atoms with E-state index in [0.29, 0.717) is 16.5 Å². The number of aliphatic hydroxyl groups excluding tert-OH is 1. The number of benzene rings is 2. The highest BCUT2D eigenvalue weighted by Crippen LogP contribution is 2.42. The first-order valence-corrected chi connectivity index (χ1v) is 11.0. The topological polar surface area (TPSA) is 78.9 Å². The first-order valence-electron chi connectivity index (χ1n) is 10.3. The van der Waals surface area contributed by atoms with Gasteiger partial charge in [-0.05, 0) is 41.8 Å². The fourth-order valence-electron chi connectivity index (χ4n) is 3.95. The number of hydrogen-bond donors (Lipinski definition) is 2. The van der Waals surface area contributed by atoms with Crippen LogP contribution >= 0.6 is 23.2 Å². The summed E-state index contributed by atoms with van der Waals surface area (Å²) in [6.07, 6.45) is 1.10. The Morgan fingerprint density at radius 2 is 1.71 bits per heavy atom. The Morgan fingerprint density at radius 3 is 2.26 bits per heavy atom. The lowest BCUT2D eigenvalue weighted by atomic mass is 9.90. The van der Waals surface area contributed by atoms with Crippen molar-refractivity contribution >= 4 is 35.0 Å². The molecule has 2 amide bonds. The smallest absolute Gasteiger partial charge is 0.249 e. The van der Waals surface area contributed by atoms with E-state index in [0.717, 1.165) is 17.5 Å². The van der Waals surface area contributed by atoms with E-state index in [1.165, 1.54) is 0 Å². The van der Waals surface area contributed by atoms with Crippen LogP contribution in [0.2, 0.25) is 10.0 Å². The highest BCUT2D eigenvalue weighted by molar-refractivity contribution is 6.30. The highest BCUT2D eigenvalue weighted by atomic mass is 35.5. The molecule has 0 radical (unpaired) electrons. The third-order valence-electron chi connectivity index (χ3n) is 5.36. The number of aliphatic hydroxyl groups is 1. The van der Waals surface area contributed by atoms with Crippen LogP contribution in [0.15, 0.2) is 48.5 Å². The lowest BCUT2D eigenvalue weighted by Gasteiger charge is -2.45. The molecular weight excluding hydrogens is 439 g/mol. The van der Waals surface area contributed by atoms with Gasteiger partial charge in [-0.1, -0.05) is 60.8 Å². The van der Waals surface area contributed by atoms with Crippen LogP contribution in [0.5, 0.6) is 0 Å². The number of carbonyl (C=O) groups is 2. The van der Waals surface area contributed by atoms with Gasteiger partial charge in [0.2, 0.25) is 11.8 Å². The Labute approximate surface area is 192 Å². The summed E-state index contributed by atoms with van der Waals surface area (Å²) in [5, 5.41) is 13.0. The molecule has 0 unspecified atom stereocenters. The van der Waals surface area contributed by atoms with Gasteiger partial charge in [-0.25, -0.2) is 0 Å². The molecule has 1 aliphatic rings. The minimum absolute atomic E-state index is 0.0639. The third kappa shape index (κ3) is 5.77. The van der Waals surface area contributed by atoms with Crippen LogP contribution in [-0.2, 0) is 14.3 Å². The van der Waals surface area contributed by atoms with Crippen LogP contribution in [0.4, 0.5) is 0 Å². The van der Waals surface area contributed by atoms with E-state index in [4.69, 9.17) is 33.0 Å². The second-order valence-electron chi connectivity index (χ2n) is 7.49. The quantitative estimate of drug-likeness (QED) is 0.620. The summed E-state index contributed by atoms with van der Waals surface area (Å²) in [5.74, 6) is -0.624. The molecule has 2 aromatic rings. The molecule has 1 fully saturated rings. The molecule has 1 aliphatic heterocycles. The lowest BCUT2D eigenvalue weighted by Crippen LogP contribution is -2.54. The summed E-state index contributed by atoms with van der Waals surface area (Å²) in [5.41, 5.74) is 1.78. The van der Waals surface area contributed by atoms with Crippen molar-refractivity contribution in [2.24, 2.45) is 0 Å². The van der Waals surface area contributed by atoms with E-state index in [9.17, 15) is 9.59 Å². The van der Waals surface area contributed by atoms with Gasteiger partial charge >= 0.3 is 0 Å². The maximum absolute atomic E-state index is 13.1. The zero-order valence-corrected chi connectivity index (χ0v) is 18.8. The Kier molecular flexibility index (Phi) is 8.32. The van der Waals surface area contributed by atoms with Crippen LogP contribution in [0.1, 0.15) is 43.0 Å². The largest absolute Gasteiger partial charge is 0.387 e. The number of nitrogens with zero attached hydrogens (tertiary/aromatic N) is 1. The number of ether oxygens (including phenoxy) is 1. The van der Waals surface area contributed by atoms with Gasteiger partial charge in [-0.3, -0.25) is 9.59 Å². The van der Waals surface area contributed by atoms with Crippen molar-refractivity contribution in [3.05, 3.63) is 69.7 Å². The lowest BCUT2D eigenvalue weighted by molar-refractivity contribution is -0.163. The van der Waals surface area contributed by atoms with Crippen molar-refractivity contribution in [1.82, 2.24) is 10.2 Å². The number of halogens is 2.